The van der Waals surface area contributed by atoms with Crippen LogP contribution < -0.4 is 10.0 Å². The van der Waals surface area contributed by atoms with Crippen molar-refractivity contribution in [3.05, 3.63) is 34.9 Å². The second kappa shape index (κ2) is 7.81. The molecule has 1 aromatic carbocycles. The average Bonchev–Trinajstić information content (AvgIpc) is 2.37. The highest BCUT2D eigenvalue weighted by molar-refractivity contribution is 7.87. The Kier molecular flexibility index (Phi) is 6.74. The van der Waals surface area contributed by atoms with E-state index in [-0.39, 0.29) is 6.54 Å². The number of nitrogens with zero attached hydrogens (tertiary/aromatic N) is 1. The van der Waals surface area contributed by atoms with Gasteiger partial charge in [0.25, 0.3) is 10.2 Å². The lowest BCUT2D eigenvalue weighted by Gasteiger charge is -2.17. The molecule has 108 valence electrons. The molecule has 1 aromatic rings. The monoisotopic (exact) mass is 305 g/mol. The summed E-state index contributed by atoms with van der Waals surface area (Å²) in [5.74, 6) is 0. The Labute approximate surface area is 120 Å². The zero-order valence-electron chi connectivity index (χ0n) is 11.2. The molecule has 5 nitrogen and oxygen atoms in total. The van der Waals surface area contributed by atoms with Crippen molar-refractivity contribution in [2.75, 3.05) is 27.2 Å². The molecule has 0 radical (unpaired) electrons. The number of hydrogen-bond donors (Lipinski definition) is 2. The summed E-state index contributed by atoms with van der Waals surface area (Å²) in [6, 6.07) is 7.12. The molecule has 0 aliphatic rings. The van der Waals surface area contributed by atoms with Crippen LogP contribution in [0.2, 0.25) is 5.02 Å². The molecule has 2 N–H and O–H groups in total. The topological polar surface area (TPSA) is 61.4 Å². The third-order valence-electron chi connectivity index (χ3n) is 2.66. The maximum atomic E-state index is 11.9. The summed E-state index contributed by atoms with van der Waals surface area (Å²) in [4.78, 5) is 0. The van der Waals surface area contributed by atoms with E-state index in [0.717, 1.165) is 18.5 Å². The van der Waals surface area contributed by atoms with E-state index in [1.54, 1.807) is 25.2 Å². The van der Waals surface area contributed by atoms with Gasteiger partial charge in [-0.05, 0) is 37.7 Å². The van der Waals surface area contributed by atoms with Gasteiger partial charge in [0.05, 0.1) is 0 Å². The summed E-state index contributed by atoms with van der Waals surface area (Å²) >= 11 is 5.85. The van der Waals surface area contributed by atoms with Crippen molar-refractivity contribution in [2.24, 2.45) is 0 Å². The molecule has 0 saturated carbocycles. The highest BCUT2D eigenvalue weighted by Gasteiger charge is 2.16. The van der Waals surface area contributed by atoms with E-state index in [1.165, 1.54) is 4.31 Å². The number of hydrogen-bond acceptors (Lipinski definition) is 3. The average molecular weight is 306 g/mol. The van der Waals surface area contributed by atoms with E-state index in [2.05, 4.69) is 10.0 Å². The van der Waals surface area contributed by atoms with E-state index in [4.69, 9.17) is 11.6 Å². The van der Waals surface area contributed by atoms with Crippen molar-refractivity contribution < 1.29 is 8.42 Å². The lowest BCUT2D eigenvalue weighted by molar-refractivity contribution is 0.447. The van der Waals surface area contributed by atoms with Crippen LogP contribution in [0.4, 0.5) is 0 Å². The van der Waals surface area contributed by atoms with Gasteiger partial charge in [0, 0.05) is 25.2 Å². The molecule has 0 aliphatic heterocycles. The van der Waals surface area contributed by atoms with Gasteiger partial charge in [0.2, 0.25) is 0 Å². The molecule has 0 amide bonds. The van der Waals surface area contributed by atoms with Crippen LogP contribution >= 0.6 is 11.6 Å². The molecule has 0 aromatic heterocycles. The fourth-order valence-corrected chi connectivity index (χ4v) is 2.68. The third kappa shape index (κ3) is 5.88. The minimum Gasteiger partial charge on any atom is -0.320 e. The number of halogens is 1. The van der Waals surface area contributed by atoms with Crippen LogP contribution in [-0.4, -0.2) is 39.9 Å². The molecule has 19 heavy (non-hydrogen) atoms. The van der Waals surface area contributed by atoms with E-state index < -0.39 is 10.2 Å². The summed E-state index contributed by atoms with van der Waals surface area (Å²) in [5, 5.41) is 3.58. The predicted octanol–water partition coefficient (Wildman–Crippen LogP) is 1.22. The number of nitrogens with one attached hydrogen (secondary N) is 2. The van der Waals surface area contributed by atoms with Crippen molar-refractivity contribution in [1.29, 1.82) is 0 Å². The Morgan fingerprint density at radius 2 is 2.11 bits per heavy atom. The summed E-state index contributed by atoms with van der Waals surface area (Å²) in [6.45, 7) is 1.50. The van der Waals surface area contributed by atoms with Crippen LogP contribution in [0.15, 0.2) is 24.3 Å². The number of benzene rings is 1. The minimum absolute atomic E-state index is 0.235. The lowest BCUT2D eigenvalue weighted by atomic mass is 10.2. The molecule has 0 bridgehead atoms. The van der Waals surface area contributed by atoms with Crippen LogP contribution in [-0.2, 0) is 16.8 Å². The second-order valence-electron chi connectivity index (χ2n) is 4.23. The maximum Gasteiger partial charge on any atom is 0.279 e. The first-order valence-corrected chi connectivity index (χ1v) is 7.87. The third-order valence-corrected chi connectivity index (χ3v) is 4.41. The molecule has 0 atom stereocenters. The van der Waals surface area contributed by atoms with Crippen LogP contribution in [0.25, 0.3) is 0 Å². The molecular formula is C12H20ClN3O2S. The van der Waals surface area contributed by atoms with Gasteiger partial charge < -0.3 is 5.32 Å². The van der Waals surface area contributed by atoms with Gasteiger partial charge in [-0.3, -0.25) is 0 Å². The highest BCUT2D eigenvalue weighted by atomic mass is 35.5. The second-order valence-corrected chi connectivity index (χ2v) is 6.53. The molecule has 0 fully saturated rings. The van der Waals surface area contributed by atoms with Gasteiger partial charge in [0.1, 0.15) is 0 Å². The smallest absolute Gasteiger partial charge is 0.279 e. The summed E-state index contributed by atoms with van der Waals surface area (Å²) in [5.41, 5.74) is 0.833. The molecular weight excluding hydrogens is 286 g/mol. The van der Waals surface area contributed by atoms with Gasteiger partial charge in [-0.2, -0.15) is 17.4 Å². The summed E-state index contributed by atoms with van der Waals surface area (Å²) < 4.78 is 27.8. The zero-order valence-corrected chi connectivity index (χ0v) is 12.8. The van der Waals surface area contributed by atoms with Gasteiger partial charge in [0.15, 0.2) is 0 Å². The Balaban J connectivity index is 2.50. The van der Waals surface area contributed by atoms with Crippen LogP contribution in [0.5, 0.6) is 0 Å². The molecule has 0 spiro atoms. The fraction of sp³-hybridized carbons (Fsp3) is 0.500. The van der Waals surface area contributed by atoms with Crippen molar-refractivity contribution in [2.45, 2.75) is 13.0 Å². The van der Waals surface area contributed by atoms with Crippen LogP contribution in [0.3, 0.4) is 0 Å². The predicted molar refractivity (Wildman–Crippen MR) is 78.4 cm³/mol. The van der Waals surface area contributed by atoms with Crippen molar-refractivity contribution in [1.82, 2.24) is 14.3 Å². The Hall–Kier alpha value is -0.660. The fourth-order valence-electron chi connectivity index (χ4n) is 1.53. The maximum absolute atomic E-state index is 11.9. The lowest BCUT2D eigenvalue weighted by Crippen LogP contribution is -2.38. The Bertz CT molecular complexity index is 494. The minimum atomic E-state index is -3.44. The largest absolute Gasteiger partial charge is 0.320 e. The Morgan fingerprint density at radius 1 is 1.37 bits per heavy atom. The van der Waals surface area contributed by atoms with Gasteiger partial charge in [-0.25, -0.2) is 0 Å². The van der Waals surface area contributed by atoms with Crippen molar-refractivity contribution >= 4 is 21.8 Å². The van der Waals surface area contributed by atoms with E-state index in [0.29, 0.717) is 11.6 Å². The quantitative estimate of drug-likeness (QED) is 0.710. The zero-order chi connectivity index (χ0) is 14.3. The van der Waals surface area contributed by atoms with Crippen molar-refractivity contribution in [3.8, 4) is 0 Å². The Morgan fingerprint density at radius 3 is 2.74 bits per heavy atom. The van der Waals surface area contributed by atoms with Crippen molar-refractivity contribution in [3.63, 3.8) is 0 Å². The molecule has 0 heterocycles. The highest BCUT2D eigenvalue weighted by Crippen LogP contribution is 2.10. The standard InChI is InChI=1S/C12H20ClN3O2S/c1-14-7-4-8-16(2)19(17,18)15-10-11-5-3-6-12(13)9-11/h3,5-6,9,14-15H,4,7-8,10H2,1-2H3. The first kappa shape index (κ1) is 16.4. The van der Waals surface area contributed by atoms with E-state index in [1.807, 2.05) is 13.1 Å². The first-order valence-electron chi connectivity index (χ1n) is 6.05. The normalized spacial score (nSPS) is 12.0. The molecule has 0 aliphatic carbocycles. The molecule has 0 unspecified atom stereocenters. The SMILES string of the molecule is CNCCCN(C)S(=O)(=O)NCc1cccc(Cl)c1. The van der Waals surface area contributed by atoms with Gasteiger partial charge in [-0.1, -0.05) is 23.7 Å². The van der Waals surface area contributed by atoms with Gasteiger partial charge in [-0.15, -0.1) is 0 Å². The van der Waals surface area contributed by atoms with Gasteiger partial charge >= 0.3 is 0 Å². The molecule has 7 heteroatoms. The van der Waals surface area contributed by atoms with Crippen LogP contribution in [0, 0.1) is 0 Å². The van der Waals surface area contributed by atoms with E-state index in [9.17, 15) is 8.42 Å². The van der Waals surface area contributed by atoms with E-state index >= 15 is 0 Å². The van der Waals surface area contributed by atoms with Crippen LogP contribution in [0.1, 0.15) is 12.0 Å². The summed E-state index contributed by atoms with van der Waals surface area (Å²) in [6.07, 6.45) is 0.769. The first-order chi connectivity index (χ1) is 8.95. The molecule has 1 rings (SSSR count). The number of rotatable bonds is 8. The molecule has 0 saturated heterocycles. The summed E-state index contributed by atoms with van der Waals surface area (Å²) in [7, 11) is -0.0347.